The summed E-state index contributed by atoms with van der Waals surface area (Å²) in [5, 5.41) is 5.39. The van der Waals surface area contributed by atoms with Gasteiger partial charge in [0.2, 0.25) is 0 Å². The van der Waals surface area contributed by atoms with Crippen LogP contribution in [0.4, 0.5) is 0 Å². The van der Waals surface area contributed by atoms with Gasteiger partial charge in [0, 0.05) is 34.2 Å². The third kappa shape index (κ3) is 3.77. The van der Waals surface area contributed by atoms with Gasteiger partial charge in [-0.2, -0.15) is 0 Å². The minimum atomic E-state index is 0.229. The van der Waals surface area contributed by atoms with E-state index < -0.39 is 0 Å². The molecule has 2 heterocycles. The molecule has 135 valence electrons. The first-order valence-corrected chi connectivity index (χ1v) is 9.35. The third-order valence-electron chi connectivity index (χ3n) is 6.99. The lowest BCUT2D eigenvalue weighted by Gasteiger charge is -2.56. The Hall–Kier alpha value is -0.120. The highest BCUT2D eigenvalue weighted by atomic mass is 15.3. The Labute approximate surface area is 145 Å². The molecule has 3 heteroatoms. The van der Waals surface area contributed by atoms with E-state index in [2.05, 4.69) is 79.3 Å². The Morgan fingerprint density at radius 2 is 0.783 bits per heavy atom. The molecule has 0 unspecified atom stereocenters. The van der Waals surface area contributed by atoms with Crippen LogP contribution in [0.5, 0.6) is 0 Å². The van der Waals surface area contributed by atoms with E-state index in [1.165, 1.54) is 25.7 Å². The molecule has 0 aromatic rings. The first kappa shape index (κ1) is 19.2. The summed E-state index contributed by atoms with van der Waals surface area (Å²) >= 11 is 0. The van der Waals surface area contributed by atoms with Gasteiger partial charge >= 0.3 is 0 Å². The first-order chi connectivity index (χ1) is 10.2. The van der Waals surface area contributed by atoms with Crippen molar-refractivity contribution >= 4 is 0 Å². The second-order valence-corrected chi connectivity index (χ2v) is 10.6. The fourth-order valence-electron chi connectivity index (χ4n) is 5.15. The van der Waals surface area contributed by atoms with Crippen molar-refractivity contribution in [2.45, 2.75) is 115 Å². The van der Waals surface area contributed by atoms with Gasteiger partial charge in [-0.15, -0.1) is 0 Å². The van der Waals surface area contributed by atoms with Crippen LogP contribution < -0.4 is 5.32 Å². The van der Waals surface area contributed by atoms with Crippen molar-refractivity contribution in [3.63, 3.8) is 0 Å². The first-order valence-electron chi connectivity index (χ1n) is 9.35. The maximum atomic E-state index is 5.39. The predicted molar refractivity (Wildman–Crippen MR) is 100 cm³/mol. The lowest BCUT2D eigenvalue weighted by Crippen LogP contribution is -2.64. The van der Waals surface area contributed by atoms with Crippen molar-refractivity contribution in [1.29, 1.82) is 0 Å². The van der Waals surface area contributed by atoms with Gasteiger partial charge < -0.3 is 0 Å². The van der Waals surface area contributed by atoms with Gasteiger partial charge in [-0.05, 0) is 95.2 Å². The molecule has 0 amide bonds. The molecule has 2 saturated heterocycles. The van der Waals surface area contributed by atoms with Crippen molar-refractivity contribution in [1.82, 2.24) is 15.1 Å². The van der Waals surface area contributed by atoms with E-state index in [4.69, 9.17) is 5.32 Å². The zero-order chi connectivity index (χ0) is 17.8. The maximum absolute atomic E-state index is 5.39. The summed E-state index contributed by atoms with van der Waals surface area (Å²) < 4.78 is 0. The number of hydrogen-bond acceptors (Lipinski definition) is 2. The molecule has 2 aliphatic rings. The van der Waals surface area contributed by atoms with E-state index in [1.54, 1.807) is 0 Å². The van der Waals surface area contributed by atoms with Crippen molar-refractivity contribution in [2.75, 3.05) is 14.1 Å². The van der Waals surface area contributed by atoms with Crippen LogP contribution in [-0.2, 0) is 0 Å². The molecule has 0 spiro atoms. The second kappa shape index (κ2) is 5.71. The van der Waals surface area contributed by atoms with E-state index in [-0.39, 0.29) is 22.2 Å². The molecule has 3 nitrogen and oxygen atoms in total. The predicted octanol–water partition coefficient (Wildman–Crippen LogP) is 3.89. The summed E-state index contributed by atoms with van der Waals surface area (Å²) in [6.07, 6.45) is 4.72. The smallest absolute Gasteiger partial charge is 0.0284 e. The number of hydrogen-bond donors (Lipinski definition) is 0. The molecule has 0 aromatic heterocycles. The van der Waals surface area contributed by atoms with Gasteiger partial charge in [-0.1, -0.05) is 0 Å². The summed E-state index contributed by atoms with van der Waals surface area (Å²) in [7, 11) is 4.55. The quantitative estimate of drug-likeness (QED) is 0.769. The highest BCUT2D eigenvalue weighted by Crippen LogP contribution is 2.41. The standard InChI is InChI=1S/C20H40N3/c1-17(2)11-15(12-18(3,4)22(17)9)21-16-13-19(5,6)23(10)20(7,8)14-16/h15-16H,11-14H2,1-10H3. The Bertz CT molecular complexity index is 360. The molecule has 2 aliphatic heterocycles. The minimum absolute atomic E-state index is 0.229. The number of likely N-dealkylation sites (tertiary alicyclic amines) is 2. The molecular weight excluding hydrogens is 282 g/mol. The van der Waals surface area contributed by atoms with E-state index in [1.807, 2.05) is 0 Å². The fraction of sp³-hybridized carbons (Fsp3) is 1.00. The zero-order valence-electron chi connectivity index (χ0n) is 17.3. The molecule has 2 fully saturated rings. The van der Waals surface area contributed by atoms with Crippen molar-refractivity contribution in [3.05, 3.63) is 0 Å². The maximum Gasteiger partial charge on any atom is 0.0284 e. The number of rotatable bonds is 2. The summed E-state index contributed by atoms with van der Waals surface area (Å²) in [5.41, 5.74) is 0.914. The van der Waals surface area contributed by atoms with Crippen LogP contribution >= 0.6 is 0 Å². The van der Waals surface area contributed by atoms with Crippen molar-refractivity contribution < 1.29 is 0 Å². The van der Waals surface area contributed by atoms with Gasteiger partial charge in [-0.25, -0.2) is 5.32 Å². The molecular formula is C20H40N3. The molecule has 0 N–H and O–H groups in total. The van der Waals surface area contributed by atoms with E-state index in [9.17, 15) is 0 Å². The van der Waals surface area contributed by atoms with Crippen molar-refractivity contribution in [3.8, 4) is 0 Å². The highest BCUT2D eigenvalue weighted by Gasteiger charge is 2.47. The summed E-state index contributed by atoms with van der Waals surface area (Å²) in [5.74, 6) is 0. The molecule has 2 rings (SSSR count). The van der Waals surface area contributed by atoms with Gasteiger partial charge in [0.1, 0.15) is 0 Å². The Kier molecular flexibility index (Phi) is 4.77. The topological polar surface area (TPSA) is 20.6 Å². The van der Waals surface area contributed by atoms with Crippen LogP contribution in [0.15, 0.2) is 0 Å². The van der Waals surface area contributed by atoms with E-state index >= 15 is 0 Å². The lowest BCUT2D eigenvalue weighted by atomic mass is 9.74. The summed E-state index contributed by atoms with van der Waals surface area (Å²) in [6, 6.07) is 0.993. The van der Waals surface area contributed by atoms with Gasteiger partial charge in [0.25, 0.3) is 0 Å². The van der Waals surface area contributed by atoms with Gasteiger partial charge in [0.05, 0.1) is 0 Å². The van der Waals surface area contributed by atoms with Crippen molar-refractivity contribution in [2.24, 2.45) is 0 Å². The molecule has 0 atom stereocenters. The molecule has 1 radical (unpaired) electrons. The molecule has 23 heavy (non-hydrogen) atoms. The largest absolute Gasteiger partial charge is 0.296 e. The monoisotopic (exact) mass is 322 g/mol. The minimum Gasteiger partial charge on any atom is -0.296 e. The van der Waals surface area contributed by atoms with Gasteiger partial charge in [0.15, 0.2) is 0 Å². The molecule has 0 bridgehead atoms. The van der Waals surface area contributed by atoms with Crippen LogP contribution in [0.25, 0.3) is 0 Å². The molecule has 0 aromatic carbocycles. The van der Waals surface area contributed by atoms with Crippen LogP contribution in [-0.4, -0.2) is 58.1 Å². The average molecular weight is 323 g/mol. The van der Waals surface area contributed by atoms with Gasteiger partial charge in [-0.3, -0.25) is 9.80 Å². The highest BCUT2D eigenvalue weighted by molar-refractivity contribution is 5.05. The third-order valence-corrected chi connectivity index (χ3v) is 6.99. The number of piperidine rings is 2. The normalized spacial score (nSPS) is 32.1. The van der Waals surface area contributed by atoms with Crippen LogP contribution in [0.3, 0.4) is 0 Å². The Balaban J connectivity index is 2.10. The van der Waals surface area contributed by atoms with Crippen LogP contribution in [0.2, 0.25) is 0 Å². The van der Waals surface area contributed by atoms with Crippen LogP contribution in [0, 0.1) is 0 Å². The molecule has 0 saturated carbocycles. The Morgan fingerprint density at radius 3 is 1.00 bits per heavy atom. The lowest BCUT2D eigenvalue weighted by molar-refractivity contribution is -0.0425. The number of nitrogens with zero attached hydrogens (tertiary/aromatic N) is 3. The average Bonchev–Trinajstić information content (AvgIpc) is 2.31. The Morgan fingerprint density at radius 1 is 0.565 bits per heavy atom. The second-order valence-electron chi connectivity index (χ2n) is 10.6. The van der Waals surface area contributed by atoms with Crippen LogP contribution in [0.1, 0.15) is 81.1 Å². The fourth-order valence-corrected chi connectivity index (χ4v) is 5.15. The van der Waals surface area contributed by atoms with E-state index in [0.29, 0.717) is 12.1 Å². The van der Waals surface area contributed by atoms with E-state index in [0.717, 1.165) is 0 Å². The molecule has 0 aliphatic carbocycles. The summed E-state index contributed by atoms with van der Waals surface area (Å²) in [6.45, 7) is 19.0. The summed E-state index contributed by atoms with van der Waals surface area (Å²) in [4.78, 5) is 5.10. The zero-order valence-corrected chi connectivity index (χ0v) is 17.3. The SMILES string of the molecule is CN1C(C)(C)CC([N]C2CC(C)(C)N(C)C(C)(C)C2)CC1(C)C.